The van der Waals surface area contributed by atoms with Gasteiger partial charge in [0.25, 0.3) is 0 Å². The van der Waals surface area contributed by atoms with E-state index in [0.29, 0.717) is 0 Å². The summed E-state index contributed by atoms with van der Waals surface area (Å²) in [4.78, 5) is 0. The Balaban J connectivity index is -0.000000160. The Bertz CT molecular complexity index is 229. The standard InChI is InChI=1S/2C6H7.2ClH.Zr/c2*1-6-4-2-3-5-6;;;/h2*2,4H,3H2,1H3;2*1H;/q2*-1;;;+4/p-2. The van der Waals surface area contributed by atoms with Gasteiger partial charge in [-0.2, -0.15) is 12.2 Å². The first-order chi connectivity index (χ1) is 5.79. The second kappa shape index (κ2) is 12.5. The molecule has 2 aliphatic rings. The molecule has 0 fully saturated rings. The molecule has 0 unspecified atom stereocenters. The Kier molecular flexibility index (Phi) is 17.3. The third-order valence-electron chi connectivity index (χ3n) is 1.73. The van der Waals surface area contributed by atoms with E-state index < -0.39 is 0 Å². The predicted molar refractivity (Wildman–Crippen MR) is 52.4 cm³/mol. The van der Waals surface area contributed by atoms with Crippen molar-refractivity contribution in [1.82, 2.24) is 0 Å². The fraction of sp³-hybridized carbons (Fsp3) is 0.333. The molecule has 0 radical (unpaired) electrons. The van der Waals surface area contributed by atoms with Gasteiger partial charge in [0.15, 0.2) is 0 Å². The van der Waals surface area contributed by atoms with Gasteiger partial charge in [0.2, 0.25) is 0 Å². The van der Waals surface area contributed by atoms with Crippen molar-refractivity contribution in [2.75, 3.05) is 0 Å². The van der Waals surface area contributed by atoms with Crippen molar-refractivity contribution in [3.63, 3.8) is 0 Å². The second-order valence-corrected chi connectivity index (χ2v) is 2.93. The van der Waals surface area contributed by atoms with Gasteiger partial charge in [-0.1, -0.05) is 13.8 Å². The van der Waals surface area contributed by atoms with Crippen molar-refractivity contribution >= 4 is 0 Å². The molecule has 0 saturated carbocycles. The summed E-state index contributed by atoms with van der Waals surface area (Å²) < 4.78 is 0. The Morgan fingerprint density at radius 2 is 1.20 bits per heavy atom. The molecule has 0 heterocycles. The Morgan fingerprint density at radius 1 is 0.867 bits per heavy atom. The van der Waals surface area contributed by atoms with Crippen LogP contribution in [0.5, 0.6) is 0 Å². The van der Waals surface area contributed by atoms with Crippen molar-refractivity contribution in [1.29, 1.82) is 0 Å². The molecule has 3 heteroatoms. The van der Waals surface area contributed by atoms with Crippen LogP contribution < -0.4 is 24.8 Å². The number of hydrogen-bond donors (Lipinski definition) is 0. The average molecular weight is 320 g/mol. The van der Waals surface area contributed by atoms with E-state index in [1.165, 1.54) is 11.1 Å². The fourth-order valence-corrected chi connectivity index (χ4v) is 1.03. The van der Waals surface area contributed by atoms with Gasteiger partial charge in [-0.15, -0.1) is 12.8 Å². The molecule has 2 aliphatic carbocycles. The SMILES string of the molecule is CC1=[C-]CC=C1.CC1=[C-]CC=C1.[Cl-].[Cl-].[Zr+4]. The predicted octanol–water partition coefficient (Wildman–Crippen LogP) is -2.60. The Labute approximate surface area is 125 Å². The monoisotopic (exact) mass is 318 g/mol. The maximum absolute atomic E-state index is 3.12. The second-order valence-electron chi connectivity index (χ2n) is 2.93. The Morgan fingerprint density at radius 3 is 1.27 bits per heavy atom. The van der Waals surface area contributed by atoms with Crippen LogP contribution in [0.25, 0.3) is 0 Å². The largest absolute Gasteiger partial charge is 4.00 e. The normalized spacial score (nSPS) is 14.8. The molecule has 0 amide bonds. The number of hydrogen-bond acceptors (Lipinski definition) is 0. The minimum Gasteiger partial charge on any atom is -1.00 e. The van der Waals surface area contributed by atoms with Crippen molar-refractivity contribution < 1.29 is 51.0 Å². The van der Waals surface area contributed by atoms with Crippen LogP contribution in [0.2, 0.25) is 0 Å². The Hall–Kier alpha value is 0.423. The summed E-state index contributed by atoms with van der Waals surface area (Å²) in [7, 11) is 0. The first-order valence-electron chi connectivity index (χ1n) is 4.27. The van der Waals surface area contributed by atoms with E-state index in [1.807, 2.05) is 0 Å². The maximum atomic E-state index is 3.12. The van der Waals surface area contributed by atoms with E-state index in [0.717, 1.165) is 12.8 Å². The van der Waals surface area contributed by atoms with E-state index in [2.05, 4.69) is 50.3 Å². The van der Waals surface area contributed by atoms with Crippen molar-refractivity contribution in [3.8, 4) is 0 Å². The van der Waals surface area contributed by atoms with Gasteiger partial charge in [0.1, 0.15) is 0 Å². The zero-order valence-corrected chi connectivity index (χ0v) is 12.9. The van der Waals surface area contributed by atoms with E-state index in [1.54, 1.807) is 0 Å². The first kappa shape index (κ1) is 20.8. The van der Waals surface area contributed by atoms with Crippen LogP contribution in [0.3, 0.4) is 0 Å². The smallest absolute Gasteiger partial charge is 1.00 e. The van der Waals surface area contributed by atoms with Gasteiger partial charge in [0, 0.05) is 0 Å². The first-order valence-corrected chi connectivity index (χ1v) is 4.27. The van der Waals surface area contributed by atoms with Crippen LogP contribution in [0.1, 0.15) is 26.7 Å². The molecule has 0 bridgehead atoms. The topological polar surface area (TPSA) is 0 Å². The molecule has 0 aliphatic heterocycles. The van der Waals surface area contributed by atoms with Crippen LogP contribution in [0.15, 0.2) is 35.5 Å². The summed E-state index contributed by atoms with van der Waals surface area (Å²) in [5.41, 5.74) is 2.55. The summed E-state index contributed by atoms with van der Waals surface area (Å²) in [6, 6.07) is 0. The molecule has 2 rings (SSSR count). The summed E-state index contributed by atoms with van der Waals surface area (Å²) >= 11 is 0. The van der Waals surface area contributed by atoms with E-state index in [9.17, 15) is 0 Å². The molecule has 0 atom stereocenters. The van der Waals surface area contributed by atoms with Gasteiger partial charge in [-0.05, 0) is 0 Å². The van der Waals surface area contributed by atoms with Gasteiger partial charge in [-0.3, -0.25) is 12.2 Å². The van der Waals surface area contributed by atoms with Crippen molar-refractivity contribution in [2.45, 2.75) is 26.7 Å². The molecule has 80 valence electrons. The van der Waals surface area contributed by atoms with E-state index >= 15 is 0 Å². The molecular formula is C12H14Cl2Zr. The molecule has 0 aromatic rings. The van der Waals surface area contributed by atoms with Gasteiger partial charge >= 0.3 is 26.2 Å². The number of allylic oxidation sites excluding steroid dienone is 8. The third kappa shape index (κ3) is 10.7. The van der Waals surface area contributed by atoms with Gasteiger partial charge < -0.3 is 24.8 Å². The maximum Gasteiger partial charge on any atom is 4.00 e. The summed E-state index contributed by atoms with van der Waals surface area (Å²) in [6.07, 6.45) is 16.7. The van der Waals surface area contributed by atoms with Crippen molar-refractivity contribution in [2.24, 2.45) is 0 Å². The number of halogens is 2. The van der Waals surface area contributed by atoms with Crippen LogP contribution >= 0.6 is 0 Å². The number of rotatable bonds is 0. The quantitative estimate of drug-likeness (QED) is 0.430. The molecule has 0 N–H and O–H groups in total. The summed E-state index contributed by atoms with van der Waals surface area (Å²) in [5, 5.41) is 0. The minimum absolute atomic E-state index is 0. The van der Waals surface area contributed by atoms with Crippen LogP contribution in [0.4, 0.5) is 0 Å². The molecule has 0 aromatic heterocycles. The average Bonchev–Trinajstić information content (AvgIpc) is 2.63. The zero-order chi connectivity index (χ0) is 8.81. The van der Waals surface area contributed by atoms with Gasteiger partial charge in [-0.25, -0.2) is 23.3 Å². The van der Waals surface area contributed by atoms with E-state index in [-0.39, 0.29) is 51.0 Å². The van der Waals surface area contributed by atoms with Crippen LogP contribution in [0, 0.1) is 12.2 Å². The molecule has 15 heavy (non-hydrogen) atoms. The molecule has 0 spiro atoms. The molecule has 0 nitrogen and oxygen atoms in total. The van der Waals surface area contributed by atoms with Crippen LogP contribution in [-0.2, 0) is 26.2 Å². The fourth-order valence-electron chi connectivity index (χ4n) is 1.03. The summed E-state index contributed by atoms with van der Waals surface area (Å²) in [5.74, 6) is 0. The van der Waals surface area contributed by atoms with Crippen molar-refractivity contribution in [3.05, 3.63) is 47.6 Å². The van der Waals surface area contributed by atoms with E-state index in [4.69, 9.17) is 0 Å². The molecular weight excluding hydrogens is 306 g/mol. The molecule has 0 saturated heterocycles. The third-order valence-corrected chi connectivity index (χ3v) is 1.73. The zero-order valence-electron chi connectivity index (χ0n) is 8.98. The van der Waals surface area contributed by atoms with Gasteiger partial charge in [0.05, 0.1) is 0 Å². The van der Waals surface area contributed by atoms with Crippen LogP contribution in [-0.4, -0.2) is 0 Å². The minimum atomic E-state index is 0. The molecule has 0 aromatic carbocycles. The summed E-state index contributed by atoms with van der Waals surface area (Å²) in [6.45, 7) is 4.12.